The fourth-order valence-electron chi connectivity index (χ4n) is 2.15. The van der Waals surface area contributed by atoms with E-state index in [0.717, 1.165) is 0 Å². The lowest BCUT2D eigenvalue weighted by Gasteiger charge is -2.24. The molecule has 1 N–H and O–H groups in total. The maximum absolute atomic E-state index is 12.2. The first-order valence-corrected chi connectivity index (χ1v) is 7.93. The van der Waals surface area contributed by atoms with E-state index in [0.29, 0.717) is 27.1 Å². The molecule has 122 valence electrons. The number of furan rings is 1. The number of hydrogen-bond donors (Lipinski definition) is 1. The van der Waals surface area contributed by atoms with Gasteiger partial charge in [0.1, 0.15) is 17.1 Å². The van der Waals surface area contributed by atoms with Gasteiger partial charge in [0, 0.05) is 17.6 Å². The molecule has 1 fully saturated rings. The molecule has 1 aromatic heterocycles. The van der Waals surface area contributed by atoms with Gasteiger partial charge in [-0.1, -0.05) is 23.2 Å². The quantitative estimate of drug-likeness (QED) is 0.491. The second-order valence-electron chi connectivity index (χ2n) is 5.01. The standard InChI is InChI=1S/C16H10Cl2N2O3S/c1-20-15(22)11(14(21)19-16(20)24)7-9-3-5-13(23-9)10-4-2-8(17)6-12(10)18/h2-7H,1H3,(H,19,21,24)/b11-7-. The smallest absolute Gasteiger partial charge is 0.265 e. The Morgan fingerprint density at radius 3 is 2.67 bits per heavy atom. The number of halogens is 2. The van der Waals surface area contributed by atoms with Crippen molar-refractivity contribution in [2.24, 2.45) is 0 Å². The van der Waals surface area contributed by atoms with Crippen LogP contribution in [0.1, 0.15) is 5.76 Å². The first-order chi connectivity index (χ1) is 11.4. The van der Waals surface area contributed by atoms with Crippen LogP contribution in [0, 0.1) is 0 Å². The normalized spacial score (nSPS) is 16.7. The average molecular weight is 381 g/mol. The summed E-state index contributed by atoms with van der Waals surface area (Å²) in [6.07, 6.45) is 1.36. The molecule has 2 heterocycles. The molecule has 1 aromatic carbocycles. The summed E-state index contributed by atoms with van der Waals surface area (Å²) in [4.78, 5) is 25.3. The highest BCUT2D eigenvalue weighted by Gasteiger charge is 2.31. The highest BCUT2D eigenvalue weighted by molar-refractivity contribution is 7.80. The molecule has 0 spiro atoms. The Hall–Kier alpha value is -2.15. The molecule has 1 aliphatic rings. The van der Waals surface area contributed by atoms with Crippen LogP contribution in [-0.4, -0.2) is 28.9 Å². The number of benzene rings is 1. The van der Waals surface area contributed by atoms with E-state index in [2.05, 4.69) is 5.32 Å². The number of carbonyl (C=O) groups excluding carboxylic acids is 2. The van der Waals surface area contributed by atoms with Crippen LogP contribution in [-0.2, 0) is 9.59 Å². The van der Waals surface area contributed by atoms with E-state index in [1.807, 2.05) is 0 Å². The van der Waals surface area contributed by atoms with Gasteiger partial charge >= 0.3 is 0 Å². The Bertz CT molecular complexity index is 904. The summed E-state index contributed by atoms with van der Waals surface area (Å²) >= 11 is 16.9. The number of likely N-dealkylation sites (N-methyl/N-ethyl adjacent to an activating group) is 1. The van der Waals surface area contributed by atoms with Crippen molar-refractivity contribution in [3.63, 3.8) is 0 Å². The fourth-order valence-corrected chi connectivity index (χ4v) is 2.83. The SMILES string of the molecule is CN1C(=O)/C(=C\c2ccc(-c3ccc(Cl)cc3Cl)o2)C(=O)NC1=S. The number of hydrogen-bond acceptors (Lipinski definition) is 4. The van der Waals surface area contributed by atoms with Crippen molar-refractivity contribution in [1.82, 2.24) is 10.2 Å². The summed E-state index contributed by atoms with van der Waals surface area (Å²) in [5.41, 5.74) is 0.595. The van der Waals surface area contributed by atoms with Crippen LogP contribution in [0.4, 0.5) is 0 Å². The van der Waals surface area contributed by atoms with Gasteiger partial charge in [-0.25, -0.2) is 0 Å². The van der Waals surface area contributed by atoms with Gasteiger partial charge in [-0.2, -0.15) is 0 Å². The van der Waals surface area contributed by atoms with Gasteiger partial charge in [0.25, 0.3) is 11.8 Å². The topological polar surface area (TPSA) is 62.6 Å². The van der Waals surface area contributed by atoms with Gasteiger partial charge in [-0.3, -0.25) is 19.8 Å². The van der Waals surface area contributed by atoms with Crippen LogP contribution in [0.5, 0.6) is 0 Å². The largest absolute Gasteiger partial charge is 0.457 e. The molecule has 0 saturated carbocycles. The van der Waals surface area contributed by atoms with Gasteiger partial charge in [0.15, 0.2) is 5.11 Å². The van der Waals surface area contributed by atoms with Crippen LogP contribution < -0.4 is 5.32 Å². The number of nitrogens with one attached hydrogen (secondary N) is 1. The lowest BCUT2D eigenvalue weighted by Crippen LogP contribution is -2.52. The highest BCUT2D eigenvalue weighted by Crippen LogP contribution is 2.32. The van der Waals surface area contributed by atoms with E-state index in [1.165, 1.54) is 18.0 Å². The van der Waals surface area contributed by atoms with Gasteiger partial charge in [0.05, 0.1) is 5.02 Å². The molecule has 3 rings (SSSR count). The zero-order valence-corrected chi connectivity index (χ0v) is 14.6. The molecule has 8 heteroatoms. The third-order valence-electron chi connectivity index (χ3n) is 3.41. The van der Waals surface area contributed by atoms with Crippen molar-refractivity contribution < 1.29 is 14.0 Å². The molecule has 24 heavy (non-hydrogen) atoms. The zero-order valence-electron chi connectivity index (χ0n) is 12.3. The molecule has 1 aliphatic heterocycles. The Morgan fingerprint density at radius 2 is 1.96 bits per heavy atom. The molecule has 0 aliphatic carbocycles. The summed E-state index contributed by atoms with van der Waals surface area (Å²) in [6.45, 7) is 0. The minimum atomic E-state index is -0.564. The first kappa shape index (κ1) is 16.7. The molecule has 2 amide bonds. The van der Waals surface area contributed by atoms with E-state index in [9.17, 15) is 9.59 Å². The van der Waals surface area contributed by atoms with Crippen LogP contribution in [0.2, 0.25) is 10.0 Å². The molecule has 0 atom stereocenters. The van der Waals surface area contributed by atoms with Crippen LogP contribution in [0.25, 0.3) is 17.4 Å². The van der Waals surface area contributed by atoms with E-state index in [1.54, 1.807) is 30.3 Å². The van der Waals surface area contributed by atoms with E-state index < -0.39 is 11.8 Å². The molecule has 0 radical (unpaired) electrons. The third-order valence-corrected chi connectivity index (χ3v) is 4.34. The van der Waals surface area contributed by atoms with Crippen molar-refractivity contribution in [3.8, 4) is 11.3 Å². The Balaban J connectivity index is 1.95. The fraction of sp³-hybridized carbons (Fsp3) is 0.0625. The number of thiocarbonyl (C=S) groups is 1. The van der Waals surface area contributed by atoms with Crippen molar-refractivity contribution in [2.75, 3.05) is 7.05 Å². The lowest BCUT2D eigenvalue weighted by molar-refractivity contribution is -0.128. The molecular formula is C16H10Cl2N2O3S. The monoisotopic (exact) mass is 380 g/mol. The second-order valence-corrected chi connectivity index (χ2v) is 6.24. The molecule has 5 nitrogen and oxygen atoms in total. The van der Waals surface area contributed by atoms with Gasteiger partial charge in [0.2, 0.25) is 0 Å². The molecule has 2 aromatic rings. The molecule has 0 bridgehead atoms. The predicted molar refractivity (Wildman–Crippen MR) is 95.7 cm³/mol. The Morgan fingerprint density at radius 1 is 1.21 bits per heavy atom. The maximum atomic E-state index is 12.2. The van der Waals surface area contributed by atoms with Crippen molar-refractivity contribution >= 4 is 58.4 Å². The Labute approximate surface area is 152 Å². The highest BCUT2D eigenvalue weighted by atomic mass is 35.5. The van der Waals surface area contributed by atoms with Crippen molar-refractivity contribution in [1.29, 1.82) is 0 Å². The average Bonchev–Trinajstić information content (AvgIpc) is 2.98. The minimum Gasteiger partial charge on any atom is -0.457 e. The summed E-state index contributed by atoms with van der Waals surface area (Å²) < 4.78 is 5.66. The number of carbonyl (C=O) groups is 2. The van der Waals surface area contributed by atoms with Crippen molar-refractivity contribution in [2.45, 2.75) is 0 Å². The minimum absolute atomic E-state index is 0.0609. The van der Waals surface area contributed by atoms with Gasteiger partial charge in [-0.05, 0) is 48.6 Å². The second kappa shape index (κ2) is 6.39. The van der Waals surface area contributed by atoms with Gasteiger partial charge < -0.3 is 4.42 Å². The van der Waals surface area contributed by atoms with Crippen LogP contribution in [0.15, 0.2) is 40.3 Å². The van der Waals surface area contributed by atoms with Crippen LogP contribution in [0.3, 0.4) is 0 Å². The number of rotatable bonds is 2. The van der Waals surface area contributed by atoms with E-state index >= 15 is 0 Å². The third kappa shape index (κ3) is 3.08. The Kier molecular flexibility index (Phi) is 4.45. The predicted octanol–water partition coefficient (Wildman–Crippen LogP) is 3.51. The van der Waals surface area contributed by atoms with Crippen LogP contribution >= 0.6 is 35.4 Å². The summed E-state index contributed by atoms with van der Waals surface area (Å²) in [5, 5.41) is 3.45. The van der Waals surface area contributed by atoms with Crippen molar-refractivity contribution in [3.05, 3.63) is 51.7 Å². The van der Waals surface area contributed by atoms with E-state index in [-0.39, 0.29) is 10.7 Å². The summed E-state index contributed by atoms with van der Waals surface area (Å²) in [7, 11) is 1.49. The summed E-state index contributed by atoms with van der Waals surface area (Å²) in [6, 6.07) is 8.36. The molecule has 1 saturated heterocycles. The number of nitrogens with zero attached hydrogens (tertiary/aromatic N) is 1. The van der Waals surface area contributed by atoms with E-state index in [4.69, 9.17) is 39.8 Å². The zero-order chi connectivity index (χ0) is 17.4. The first-order valence-electron chi connectivity index (χ1n) is 6.77. The van der Waals surface area contributed by atoms with Gasteiger partial charge in [-0.15, -0.1) is 0 Å². The maximum Gasteiger partial charge on any atom is 0.265 e. The lowest BCUT2D eigenvalue weighted by atomic mass is 10.1. The summed E-state index contributed by atoms with van der Waals surface area (Å²) in [5.74, 6) is -0.219. The molecular weight excluding hydrogens is 371 g/mol. The number of amides is 2. The molecule has 0 unspecified atom stereocenters.